The fourth-order valence-corrected chi connectivity index (χ4v) is 4.88. The zero-order valence-electron chi connectivity index (χ0n) is 14.2. The van der Waals surface area contributed by atoms with Gasteiger partial charge in [-0.2, -0.15) is 0 Å². The average Bonchev–Trinajstić information content (AvgIpc) is 2.87. The van der Waals surface area contributed by atoms with Crippen molar-refractivity contribution < 1.29 is 30.0 Å². The van der Waals surface area contributed by atoms with Gasteiger partial charge in [0.15, 0.2) is 0 Å². The van der Waals surface area contributed by atoms with Gasteiger partial charge >= 0.3 is 5.97 Å². The summed E-state index contributed by atoms with van der Waals surface area (Å²) in [4.78, 5) is 14.1. The lowest BCUT2D eigenvalue weighted by atomic mass is 9.75. The number of fused-ring (bicyclic) bond motifs is 1. The quantitative estimate of drug-likeness (QED) is 0.507. The van der Waals surface area contributed by atoms with Crippen LogP contribution in [-0.2, 0) is 9.53 Å². The highest BCUT2D eigenvalue weighted by Gasteiger charge is 2.62. The van der Waals surface area contributed by atoms with E-state index in [0.29, 0.717) is 12.5 Å². The Morgan fingerprint density at radius 1 is 1.21 bits per heavy atom. The second-order valence-electron chi connectivity index (χ2n) is 7.69. The molecule has 1 heterocycles. The first-order valence-electron chi connectivity index (χ1n) is 8.98. The minimum atomic E-state index is -1.60. The van der Waals surface area contributed by atoms with Crippen molar-refractivity contribution >= 4 is 5.97 Å². The van der Waals surface area contributed by atoms with Gasteiger partial charge < -0.3 is 25.2 Å². The lowest BCUT2D eigenvalue weighted by molar-refractivity contribution is -0.197. The van der Waals surface area contributed by atoms with Crippen LogP contribution in [0.3, 0.4) is 0 Å². The molecule has 3 fully saturated rings. The predicted molar refractivity (Wildman–Crippen MR) is 85.1 cm³/mol. The van der Waals surface area contributed by atoms with Gasteiger partial charge in [0, 0.05) is 19.0 Å². The Labute approximate surface area is 142 Å². The zero-order chi connectivity index (χ0) is 17.5. The summed E-state index contributed by atoms with van der Waals surface area (Å²) in [6, 6.07) is -1.21. The topological polar surface area (TPSA) is 110 Å². The number of carbonyl (C=O) groups is 1. The molecule has 0 aromatic carbocycles. The van der Waals surface area contributed by atoms with Crippen LogP contribution in [-0.4, -0.2) is 80.9 Å². The minimum Gasteiger partial charge on any atom is -0.468 e. The second kappa shape index (κ2) is 6.88. The number of hydrogen-bond donors (Lipinski definition) is 4. The molecule has 2 aliphatic carbocycles. The lowest BCUT2D eigenvalue weighted by Gasteiger charge is -2.46. The van der Waals surface area contributed by atoms with Gasteiger partial charge in [-0.25, -0.2) is 0 Å². The number of hydrogen-bond acceptors (Lipinski definition) is 7. The molecule has 4 N–H and O–H groups in total. The smallest absolute Gasteiger partial charge is 0.323 e. The number of aliphatic hydroxyl groups excluding tert-OH is 3. The summed E-state index contributed by atoms with van der Waals surface area (Å²) in [6.07, 6.45) is 1.89. The molecule has 0 spiro atoms. The summed E-state index contributed by atoms with van der Waals surface area (Å²) in [6.45, 7) is 0.641. The van der Waals surface area contributed by atoms with Crippen molar-refractivity contribution in [3.05, 3.63) is 0 Å². The van der Waals surface area contributed by atoms with Crippen molar-refractivity contribution in [2.45, 2.75) is 80.9 Å². The van der Waals surface area contributed by atoms with Crippen molar-refractivity contribution in [1.82, 2.24) is 4.90 Å². The van der Waals surface area contributed by atoms with E-state index < -0.39 is 42.0 Å². The molecular formula is C17H29NO6. The van der Waals surface area contributed by atoms with Gasteiger partial charge in [-0.15, -0.1) is 0 Å². The van der Waals surface area contributed by atoms with Gasteiger partial charge in [0.2, 0.25) is 0 Å². The van der Waals surface area contributed by atoms with Crippen molar-refractivity contribution in [3.63, 3.8) is 0 Å². The second-order valence-corrected chi connectivity index (χ2v) is 7.69. The van der Waals surface area contributed by atoms with Crippen molar-refractivity contribution in [2.75, 3.05) is 13.7 Å². The Kier molecular flexibility index (Phi) is 5.18. The third-order valence-electron chi connectivity index (χ3n) is 6.26. The van der Waals surface area contributed by atoms with Crippen molar-refractivity contribution in [1.29, 1.82) is 0 Å². The summed E-state index contributed by atoms with van der Waals surface area (Å²) in [7, 11) is 1.31. The fourth-order valence-electron chi connectivity index (χ4n) is 4.88. The highest BCUT2D eigenvalue weighted by molar-refractivity contribution is 5.76. The third-order valence-corrected chi connectivity index (χ3v) is 6.26. The van der Waals surface area contributed by atoms with Crippen LogP contribution < -0.4 is 0 Å². The summed E-state index contributed by atoms with van der Waals surface area (Å²) in [5.74, 6) is -0.000735. The number of likely N-dealkylation sites (tertiary alicyclic amines) is 1. The molecule has 0 radical (unpaired) electrons. The van der Waals surface area contributed by atoms with Gasteiger partial charge in [-0.05, 0) is 25.2 Å². The summed E-state index contributed by atoms with van der Waals surface area (Å²) in [5, 5.41) is 41.4. The number of ether oxygens (including phenoxy) is 1. The van der Waals surface area contributed by atoms with Crippen molar-refractivity contribution in [3.8, 4) is 0 Å². The molecule has 0 unspecified atom stereocenters. The van der Waals surface area contributed by atoms with Crippen LogP contribution in [0.5, 0.6) is 0 Å². The van der Waals surface area contributed by atoms with Crippen LogP contribution in [0, 0.1) is 5.92 Å². The minimum absolute atomic E-state index is 0.0159. The van der Waals surface area contributed by atoms with Crippen LogP contribution in [0.15, 0.2) is 0 Å². The number of nitrogens with zero attached hydrogens (tertiary/aromatic N) is 1. The van der Waals surface area contributed by atoms with Crippen LogP contribution in [0.4, 0.5) is 0 Å². The third kappa shape index (κ3) is 2.97. The highest BCUT2D eigenvalue weighted by atomic mass is 16.5. The number of carbonyl (C=O) groups excluding carboxylic acids is 1. The van der Waals surface area contributed by atoms with Gasteiger partial charge in [0.05, 0.1) is 13.2 Å². The molecule has 0 amide bonds. The molecule has 6 atom stereocenters. The van der Waals surface area contributed by atoms with E-state index in [4.69, 9.17) is 4.74 Å². The van der Waals surface area contributed by atoms with E-state index in [9.17, 15) is 25.2 Å². The summed E-state index contributed by atoms with van der Waals surface area (Å²) >= 11 is 0. The molecule has 1 aliphatic heterocycles. The first kappa shape index (κ1) is 18.1. The molecule has 7 nitrogen and oxygen atoms in total. The molecule has 3 rings (SSSR count). The number of methoxy groups -OCH3 is 1. The van der Waals surface area contributed by atoms with Gasteiger partial charge in [0.25, 0.3) is 0 Å². The molecule has 0 bridgehead atoms. The Morgan fingerprint density at radius 2 is 1.88 bits per heavy atom. The zero-order valence-corrected chi connectivity index (χ0v) is 14.2. The van der Waals surface area contributed by atoms with E-state index in [1.165, 1.54) is 26.4 Å². The van der Waals surface area contributed by atoms with E-state index in [1.54, 1.807) is 0 Å². The molecule has 0 aromatic rings. The summed E-state index contributed by atoms with van der Waals surface area (Å²) in [5.41, 5.74) is -1.60. The largest absolute Gasteiger partial charge is 0.468 e. The molecular weight excluding hydrogens is 314 g/mol. The fraction of sp³-hybridized carbons (Fsp3) is 0.941. The number of rotatable bonds is 3. The SMILES string of the molecule is COC(=O)[C@@H]1C[C@@]2(O)[C@@H](O)[C@@H](O)[C@@H](O)C[C@H]2N1CC1CCCCC1. The molecule has 0 aromatic heterocycles. The predicted octanol–water partition coefficient (Wildman–Crippen LogP) is -0.600. The van der Waals surface area contributed by atoms with E-state index in [-0.39, 0.29) is 12.8 Å². The van der Waals surface area contributed by atoms with Gasteiger partial charge in [-0.1, -0.05) is 19.3 Å². The Bertz CT molecular complexity index is 468. The lowest BCUT2D eigenvalue weighted by Crippen LogP contribution is -2.65. The molecule has 2 saturated carbocycles. The molecule has 7 heteroatoms. The first-order chi connectivity index (χ1) is 11.4. The van der Waals surface area contributed by atoms with Gasteiger partial charge in [0.1, 0.15) is 23.9 Å². The maximum absolute atomic E-state index is 12.2. The standard InChI is InChI=1S/C17H29NO6/c1-24-16(22)11-8-17(23)13(7-12(19)14(20)15(17)21)18(11)9-10-5-3-2-4-6-10/h10-15,19-21,23H,2-9H2,1H3/t11-,12-,13+,14-,15-,17-/m0/s1. The normalized spacial score (nSPS) is 44.3. The Hall–Kier alpha value is -0.730. The van der Waals surface area contributed by atoms with E-state index in [2.05, 4.69) is 0 Å². The maximum atomic E-state index is 12.2. The molecule has 1 saturated heterocycles. The van der Waals surface area contributed by atoms with Gasteiger partial charge in [-0.3, -0.25) is 9.69 Å². The van der Waals surface area contributed by atoms with Crippen LogP contribution in [0.25, 0.3) is 0 Å². The van der Waals surface area contributed by atoms with Crippen molar-refractivity contribution in [2.24, 2.45) is 5.92 Å². The highest BCUT2D eigenvalue weighted by Crippen LogP contribution is 2.44. The Balaban J connectivity index is 1.85. The molecule has 24 heavy (non-hydrogen) atoms. The first-order valence-corrected chi connectivity index (χ1v) is 8.98. The molecule has 138 valence electrons. The Morgan fingerprint density at radius 3 is 2.50 bits per heavy atom. The van der Waals surface area contributed by atoms with Crippen LogP contribution >= 0.6 is 0 Å². The maximum Gasteiger partial charge on any atom is 0.323 e. The monoisotopic (exact) mass is 343 g/mol. The van der Waals surface area contributed by atoms with E-state index >= 15 is 0 Å². The van der Waals surface area contributed by atoms with E-state index in [1.807, 2.05) is 4.90 Å². The average molecular weight is 343 g/mol. The van der Waals surface area contributed by atoms with Crippen LogP contribution in [0.1, 0.15) is 44.9 Å². The van der Waals surface area contributed by atoms with Crippen LogP contribution in [0.2, 0.25) is 0 Å². The number of aliphatic hydroxyl groups is 4. The summed E-state index contributed by atoms with van der Waals surface area (Å²) < 4.78 is 4.90. The van der Waals surface area contributed by atoms with E-state index in [0.717, 1.165) is 12.8 Å². The number of esters is 1. The molecule has 3 aliphatic rings.